The molecule has 1 aliphatic heterocycles. The third kappa shape index (κ3) is 3.06. The number of carbonyl (C=O) groups excluding carboxylic acids is 1. The van der Waals surface area contributed by atoms with Gasteiger partial charge in [-0.15, -0.1) is 0 Å². The van der Waals surface area contributed by atoms with Crippen molar-refractivity contribution in [1.29, 1.82) is 0 Å². The lowest BCUT2D eigenvalue weighted by Crippen LogP contribution is -2.47. The summed E-state index contributed by atoms with van der Waals surface area (Å²) in [6, 6.07) is 0.224. The summed E-state index contributed by atoms with van der Waals surface area (Å²) in [6.45, 7) is 0.988. The Kier molecular flexibility index (Phi) is 3.78. The van der Waals surface area contributed by atoms with Gasteiger partial charge in [0.15, 0.2) is 0 Å². The maximum Gasteiger partial charge on any atom is 0.222 e. The van der Waals surface area contributed by atoms with Gasteiger partial charge < -0.3 is 11.1 Å². The molecule has 2 heterocycles. The number of hydrogen-bond acceptors (Lipinski definition) is 3. The molecule has 1 aromatic rings. The average molecular weight is 236 g/mol. The summed E-state index contributed by atoms with van der Waals surface area (Å²) in [5.74, 6) is -0.186. The normalized spacial score (nSPS) is 24.8. The summed E-state index contributed by atoms with van der Waals surface area (Å²) in [6.07, 6.45) is 7.73. The number of rotatable bonds is 4. The van der Waals surface area contributed by atoms with Crippen LogP contribution in [0.2, 0.25) is 0 Å². The molecule has 3 N–H and O–H groups in total. The summed E-state index contributed by atoms with van der Waals surface area (Å²) < 4.78 is 1.80. The summed E-state index contributed by atoms with van der Waals surface area (Å²) in [5, 5.41) is 7.54. The van der Waals surface area contributed by atoms with Gasteiger partial charge in [0.2, 0.25) is 5.91 Å². The zero-order valence-corrected chi connectivity index (χ0v) is 10.2. The smallest absolute Gasteiger partial charge is 0.222 e. The lowest BCUT2D eigenvalue weighted by Gasteiger charge is -2.30. The van der Waals surface area contributed by atoms with E-state index >= 15 is 0 Å². The highest BCUT2D eigenvalue weighted by atomic mass is 16.1. The Hall–Kier alpha value is -1.36. The summed E-state index contributed by atoms with van der Waals surface area (Å²) in [7, 11) is 1.91. The van der Waals surface area contributed by atoms with E-state index in [9.17, 15) is 4.79 Å². The molecule has 0 aromatic carbocycles. The molecule has 0 aliphatic carbocycles. The van der Waals surface area contributed by atoms with Gasteiger partial charge in [-0.3, -0.25) is 9.48 Å². The van der Waals surface area contributed by atoms with Crippen LogP contribution in [0.3, 0.4) is 0 Å². The standard InChI is InChI=1S/C12H20N4O/c1-16-8-9(7-15-16)4-5-11-10(12(13)17)3-2-6-14-11/h7-8,10-11,14H,2-6H2,1H3,(H2,13,17). The zero-order chi connectivity index (χ0) is 12.3. The summed E-state index contributed by atoms with van der Waals surface area (Å²) >= 11 is 0. The van der Waals surface area contributed by atoms with Gasteiger partial charge in [-0.25, -0.2) is 0 Å². The van der Waals surface area contributed by atoms with Crippen LogP contribution in [0, 0.1) is 5.92 Å². The quantitative estimate of drug-likeness (QED) is 0.784. The first-order valence-electron chi connectivity index (χ1n) is 6.17. The van der Waals surface area contributed by atoms with E-state index in [-0.39, 0.29) is 17.9 Å². The molecular weight excluding hydrogens is 216 g/mol. The molecule has 2 rings (SSSR count). The molecule has 1 fully saturated rings. The zero-order valence-electron chi connectivity index (χ0n) is 10.2. The third-order valence-corrected chi connectivity index (χ3v) is 3.45. The number of primary amides is 1. The highest BCUT2D eigenvalue weighted by Gasteiger charge is 2.28. The van der Waals surface area contributed by atoms with Gasteiger partial charge in [0.25, 0.3) is 0 Å². The van der Waals surface area contributed by atoms with Crippen LogP contribution in [0.1, 0.15) is 24.8 Å². The van der Waals surface area contributed by atoms with Gasteiger partial charge in [0, 0.05) is 19.3 Å². The van der Waals surface area contributed by atoms with E-state index in [1.54, 1.807) is 4.68 Å². The first-order chi connectivity index (χ1) is 8.16. The van der Waals surface area contributed by atoms with Crippen molar-refractivity contribution in [1.82, 2.24) is 15.1 Å². The third-order valence-electron chi connectivity index (χ3n) is 3.45. The number of aryl methyl sites for hydroxylation is 2. The monoisotopic (exact) mass is 236 g/mol. The first-order valence-corrected chi connectivity index (χ1v) is 6.17. The second kappa shape index (κ2) is 5.31. The Morgan fingerprint density at radius 1 is 1.71 bits per heavy atom. The van der Waals surface area contributed by atoms with Crippen molar-refractivity contribution in [2.24, 2.45) is 18.7 Å². The molecular formula is C12H20N4O. The molecule has 2 unspecified atom stereocenters. The van der Waals surface area contributed by atoms with E-state index in [1.807, 2.05) is 19.4 Å². The lowest BCUT2D eigenvalue weighted by molar-refractivity contribution is -0.123. The van der Waals surface area contributed by atoms with Crippen LogP contribution < -0.4 is 11.1 Å². The fourth-order valence-electron chi connectivity index (χ4n) is 2.52. The number of nitrogens with zero attached hydrogens (tertiary/aromatic N) is 2. The van der Waals surface area contributed by atoms with Gasteiger partial charge >= 0.3 is 0 Å². The molecule has 0 saturated carbocycles. The minimum atomic E-state index is -0.173. The number of carbonyl (C=O) groups is 1. The predicted molar refractivity (Wildman–Crippen MR) is 65.2 cm³/mol. The molecule has 2 atom stereocenters. The van der Waals surface area contributed by atoms with Crippen LogP contribution in [0.15, 0.2) is 12.4 Å². The van der Waals surface area contributed by atoms with Gasteiger partial charge in [-0.05, 0) is 37.8 Å². The molecule has 5 nitrogen and oxygen atoms in total. The fraction of sp³-hybridized carbons (Fsp3) is 0.667. The van der Waals surface area contributed by atoms with Crippen molar-refractivity contribution < 1.29 is 4.79 Å². The van der Waals surface area contributed by atoms with E-state index < -0.39 is 0 Å². The number of nitrogens with two attached hydrogens (primary N) is 1. The van der Waals surface area contributed by atoms with Crippen LogP contribution in [-0.4, -0.2) is 28.3 Å². The topological polar surface area (TPSA) is 72.9 Å². The molecule has 0 radical (unpaired) electrons. The van der Waals surface area contributed by atoms with E-state index in [0.29, 0.717) is 0 Å². The highest BCUT2D eigenvalue weighted by Crippen LogP contribution is 2.20. The molecule has 1 saturated heterocycles. The Labute approximate surface area is 101 Å². The molecule has 5 heteroatoms. The van der Waals surface area contributed by atoms with Crippen molar-refractivity contribution in [3.8, 4) is 0 Å². The Morgan fingerprint density at radius 2 is 2.53 bits per heavy atom. The number of aromatic nitrogens is 2. The molecule has 94 valence electrons. The molecule has 0 bridgehead atoms. The van der Waals surface area contributed by atoms with Crippen LogP contribution >= 0.6 is 0 Å². The molecule has 0 spiro atoms. The van der Waals surface area contributed by atoms with Gasteiger partial charge in [0.1, 0.15) is 0 Å². The Bertz CT molecular complexity index is 388. The van der Waals surface area contributed by atoms with E-state index in [2.05, 4.69) is 10.4 Å². The van der Waals surface area contributed by atoms with E-state index in [0.717, 1.165) is 32.2 Å². The fourth-order valence-corrected chi connectivity index (χ4v) is 2.52. The predicted octanol–water partition coefficient (Wildman–Crippen LogP) is 0.206. The minimum absolute atomic E-state index is 0.0135. The maximum atomic E-state index is 11.3. The molecule has 17 heavy (non-hydrogen) atoms. The average Bonchev–Trinajstić information content (AvgIpc) is 2.73. The number of amides is 1. The van der Waals surface area contributed by atoms with Gasteiger partial charge in [-0.2, -0.15) is 5.10 Å². The number of piperidine rings is 1. The van der Waals surface area contributed by atoms with Crippen LogP contribution in [0.4, 0.5) is 0 Å². The largest absolute Gasteiger partial charge is 0.369 e. The maximum absolute atomic E-state index is 11.3. The van der Waals surface area contributed by atoms with Crippen molar-refractivity contribution in [2.75, 3.05) is 6.54 Å². The molecule has 1 aromatic heterocycles. The molecule has 1 aliphatic rings. The second-order valence-corrected chi connectivity index (χ2v) is 4.77. The van der Waals surface area contributed by atoms with Crippen molar-refractivity contribution in [3.05, 3.63) is 18.0 Å². The first kappa shape index (κ1) is 12.1. The van der Waals surface area contributed by atoms with E-state index in [1.165, 1.54) is 5.56 Å². The van der Waals surface area contributed by atoms with E-state index in [4.69, 9.17) is 5.73 Å². The van der Waals surface area contributed by atoms with Crippen LogP contribution in [0.5, 0.6) is 0 Å². The highest BCUT2D eigenvalue weighted by molar-refractivity contribution is 5.77. The SMILES string of the molecule is Cn1cc(CCC2NCCCC2C(N)=O)cn1. The Balaban J connectivity index is 1.90. The van der Waals surface area contributed by atoms with Gasteiger partial charge in [-0.1, -0.05) is 0 Å². The van der Waals surface area contributed by atoms with Crippen molar-refractivity contribution in [2.45, 2.75) is 31.7 Å². The lowest BCUT2D eigenvalue weighted by atomic mass is 9.87. The minimum Gasteiger partial charge on any atom is -0.369 e. The van der Waals surface area contributed by atoms with Crippen molar-refractivity contribution >= 4 is 5.91 Å². The molecule has 1 amide bonds. The van der Waals surface area contributed by atoms with Gasteiger partial charge in [0.05, 0.1) is 12.1 Å². The van der Waals surface area contributed by atoms with Crippen molar-refractivity contribution in [3.63, 3.8) is 0 Å². The number of nitrogens with one attached hydrogen (secondary N) is 1. The Morgan fingerprint density at radius 3 is 3.18 bits per heavy atom. The number of hydrogen-bond donors (Lipinski definition) is 2. The summed E-state index contributed by atoms with van der Waals surface area (Å²) in [5.41, 5.74) is 6.65. The van der Waals surface area contributed by atoms with Crippen LogP contribution in [-0.2, 0) is 18.3 Å². The second-order valence-electron chi connectivity index (χ2n) is 4.77. The van der Waals surface area contributed by atoms with Crippen LogP contribution in [0.25, 0.3) is 0 Å². The summed E-state index contributed by atoms with van der Waals surface area (Å²) in [4.78, 5) is 11.3.